The molecule has 0 radical (unpaired) electrons. The Kier molecular flexibility index (Phi) is 11.3. The van der Waals surface area contributed by atoms with Gasteiger partial charge in [-0.15, -0.1) is 0 Å². The minimum atomic E-state index is -1.50. The van der Waals surface area contributed by atoms with Crippen molar-refractivity contribution in [3.63, 3.8) is 0 Å². The van der Waals surface area contributed by atoms with Crippen LogP contribution >= 0.6 is 0 Å². The van der Waals surface area contributed by atoms with Crippen molar-refractivity contribution in [3.8, 4) is 0 Å². The molecule has 0 bridgehead atoms. The molecule has 0 aromatic rings. The Hall–Kier alpha value is -1.23. The number of ether oxygens (including phenoxy) is 3. The molecule has 1 aliphatic heterocycles. The summed E-state index contributed by atoms with van der Waals surface area (Å²) in [6.07, 6.45) is 8.66. The summed E-state index contributed by atoms with van der Waals surface area (Å²) >= 11 is 0. The zero-order valence-corrected chi connectivity index (χ0v) is 28.3. The number of alkyl carbamates (subject to hydrolysis) is 1. The summed E-state index contributed by atoms with van der Waals surface area (Å²) < 4.78 is 16.6. The number of carbonyl (C=O) groups excluding carboxylic acids is 1. The summed E-state index contributed by atoms with van der Waals surface area (Å²) in [7, 11) is 0. The molecule has 258 valence electrons. The van der Waals surface area contributed by atoms with E-state index in [-0.39, 0.29) is 24.7 Å². The number of fused-ring (bicyclic) bond motifs is 5. The van der Waals surface area contributed by atoms with E-state index in [9.17, 15) is 25.2 Å². The molecule has 3 saturated carbocycles. The number of nitrogens with one attached hydrogen (secondary N) is 1. The molecule has 5 aliphatic rings. The highest BCUT2D eigenvalue weighted by atomic mass is 16.7. The van der Waals surface area contributed by atoms with E-state index in [2.05, 4.69) is 46.0 Å². The molecular weight excluding hydrogens is 574 g/mol. The Bertz CT molecular complexity index is 1030. The maximum Gasteiger partial charge on any atom is 0.407 e. The number of allylic oxidation sites excluding steroid dienone is 1. The maximum atomic E-state index is 12.6. The van der Waals surface area contributed by atoms with Gasteiger partial charge in [-0.1, -0.05) is 65.5 Å². The first kappa shape index (κ1) is 35.1. The van der Waals surface area contributed by atoms with E-state index < -0.39 is 43.4 Å². The lowest BCUT2D eigenvalue weighted by atomic mass is 9.47. The van der Waals surface area contributed by atoms with Crippen LogP contribution in [0.2, 0.25) is 0 Å². The van der Waals surface area contributed by atoms with E-state index in [4.69, 9.17) is 14.2 Å². The van der Waals surface area contributed by atoms with Crippen LogP contribution in [0, 0.1) is 46.3 Å². The average Bonchev–Trinajstić information content (AvgIpc) is 3.36. The summed E-state index contributed by atoms with van der Waals surface area (Å²) in [5.41, 5.74) is 2.16. The van der Waals surface area contributed by atoms with Gasteiger partial charge in [0.05, 0.1) is 13.2 Å². The molecule has 0 spiro atoms. The fraction of sp³-hybridized carbons (Fsp3) is 0.917. The first-order valence-electron chi connectivity index (χ1n) is 17.9. The van der Waals surface area contributed by atoms with E-state index in [1.807, 2.05) is 0 Å². The van der Waals surface area contributed by atoms with E-state index in [1.165, 1.54) is 56.9 Å². The monoisotopic (exact) mass is 635 g/mol. The standard InChI is InChI=1S/C36H61NO8/c1-21(2)7-6-8-22(3)26-11-12-27-25-10-9-23-19-24(13-15-35(23,4)28(25)14-16-36(26,27)5)44-34(42)37-17-18-43-33-32(41)31(40)30(39)29(20-38)45-33/h9,21-22,24-33,38-41H,6-8,10-20H2,1-5H3,(H,37,42)/t22?,24?,25?,26?,27?,28?,29?,30-,31?,32?,33-,35-,36+/m0/s1. The van der Waals surface area contributed by atoms with E-state index in [1.54, 1.807) is 0 Å². The van der Waals surface area contributed by atoms with Crippen molar-refractivity contribution in [3.05, 3.63) is 11.6 Å². The highest BCUT2D eigenvalue weighted by molar-refractivity contribution is 5.67. The van der Waals surface area contributed by atoms with Crippen LogP contribution in [0.1, 0.15) is 105 Å². The van der Waals surface area contributed by atoms with Crippen molar-refractivity contribution in [2.24, 2.45) is 46.3 Å². The predicted molar refractivity (Wildman–Crippen MR) is 171 cm³/mol. The zero-order valence-electron chi connectivity index (χ0n) is 28.3. The van der Waals surface area contributed by atoms with Crippen LogP contribution in [0.4, 0.5) is 4.79 Å². The number of rotatable bonds is 11. The smallest absolute Gasteiger partial charge is 0.407 e. The SMILES string of the molecule is CC(C)CCCC(C)C1CCC2C3CC=C4CC(OC(=O)NCCO[C@H]5OC(CO)[C@H](O)C(O)C5O)CC[C@]4(C)C3CC[C@]12C. The third kappa shape index (κ3) is 7.14. The number of amides is 1. The molecule has 0 aromatic heterocycles. The summed E-state index contributed by atoms with van der Waals surface area (Å²) in [5.74, 6) is 4.80. The van der Waals surface area contributed by atoms with Gasteiger partial charge in [-0.3, -0.25) is 0 Å². The summed E-state index contributed by atoms with van der Waals surface area (Å²) in [4.78, 5) is 12.6. The third-order valence-electron chi connectivity index (χ3n) is 13.0. The lowest BCUT2D eigenvalue weighted by Gasteiger charge is -2.58. The second-order valence-corrected chi connectivity index (χ2v) is 16.1. The summed E-state index contributed by atoms with van der Waals surface area (Å²) in [6, 6.07) is 0. The van der Waals surface area contributed by atoms with Gasteiger partial charge < -0.3 is 40.0 Å². The highest BCUT2D eigenvalue weighted by Gasteiger charge is 2.59. The van der Waals surface area contributed by atoms with Gasteiger partial charge in [-0.2, -0.15) is 0 Å². The topological polar surface area (TPSA) is 138 Å². The Morgan fingerprint density at radius 3 is 2.53 bits per heavy atom. The average molecular weight is 636 g/mol. The molecule has 5 N–H and O–H groups in total. The Labute approximate surface area is 270 Å². The normalized spacial score (nSPS) is 43.6. The Morgan fingerprint density at radius 1 is 1.02 bits per heavy atom. The molecule has 45 heavy (non-hydrogen) atoms. The molecule has 9 nitrogen and oxygen atoms in total. The Morgan fingerprint density at radius 2 is 1.80 bits per heavy atom. The van der Waals surface area contributed by atoms with Gasteiger partial charge in [-0.05, 0) is 91.3 Å². The van der Waals surface area contributed by atoms with Crippen molar-refractivity contribution in [1.29, 1.82) is 0 Å². The number of aliphatic hydroxyl groups excluding tert-OH is 4. The highest BCUT2D eigenvalue weighted by Crippen LogP contribution is 2.67. The fourth-order valence-corrected chi connectivity index (χ4v) is 10.5. The third-order valence-corrected chi connectivity index (χ3v) is 13.0. The van der Waals surface area contributed by atoms with Crippen molar-refractivity contribution in [2.75, 3.05) is 19.8 Å². The van der Waals surface area contributed by atoms with Gasteiger partial charge in [0.1, 0.15) is 30.5 Å². The van der Waals surface area contributed by atoms with Crippen molar-refractivity contribution in [1.82, 2.24) is 5.32 Å². The molecule has 5 rings (SSSR count). The number of carbonyl (C=O) groups is 1. The predicted octanol–water partition coefficient (Wildman–Crippen LogP) is 4.94. The molecule has 9 heteroatoms. The van der Waals surface area contributed by atoms with Crippen LogP contribution in [-0.4, -0.2) is 83.1 Å². The molecule has 4 fully saturated rings. The Balaban J connectivity index is 1.09. The van der Waals surface area contributed by atoms with Crippen molar-refractivity contribution in [2.45, 2.75) is 142 Å². The minimum absolute atomic E-state index is 0.00637. The lowest BCUT2D eigenvalue weighted by Crippen LogP contribution is -2.59. The molecule has 4 aliphatic carbocycles. The maximum absolute atomic E-state index is 12.6. The van der Waals surface area contributed by atoms with Crippen molar-refractivity contribution >= 4 is 6.09 Å². The van der Waals surface area contributed by atoms with Gasteiger partial charge in [0.15, 0.2) is 6.29 Å². The second-order valence-electron chi connectivity index (χ2n) is 16.1. The van der Waals surface area contributed by atoms with E-state index in [0.717, 1.165) is 54.8 Å². The number of hydrogen-bond acceptors (Lipinski definition) is 8. The molecule has 1 heterocycles. The second kappa shape index (κ2) is 14.5. The van der Waals surface area contributed by atoms with Gasteiger partial charge in [0, 0.05) is 13.0 Å². The lowest BCUT2D eigenvalue weighted by molar-refractivity contribution is -0.300. The molecular formula is C36H61NO8. The van der Waals surface area contributed by atoms with Crippen LogP contribution in [0.25, 0.3) is 0 Å². The molecule has 13 atom stereocenters. The minimum Gasteiger partial charge on any atom is -0.446 e. The number of aliphatic hydroxyl groups is 4. The van der Waals surface area contributed by atoms with E-state index >= 15 is 0 Å². The molecule has 0 aromatic carbocycles. The van der Waals surface area contributed by atoms with Gasteiger partial charge in [0.25, 0.3) is 0 Å². The first-order chi connectivity index (χ1) is 21.4. The van der Waals surface area contributed by atoms with Gasteiger partial charge >= 0.3 is 6.09 Å². The quantitative estimate of drug-likeness (QED) is 0.159. The van der Waals surface area contributed by atoms with Gasteiger partial charge in [-0.25, -0.2) is 4.79 Å². The summed E-state index contributed by atoms with van der Waals surface area (Å²) in [6.45, 7) is 12.0. The largest absolute Gasteiger partial charge is 0.446 e. The van der Waals surface area contributed by atoms with Crippen LogP contribution in [0.5, 0.6) is 0 Å². The molecule has 1 saturated heterocycles. The summed E-state index contributed by atoms with van der Waals surface area (Å²) in [5, 5.41) is 42.0. The van der Waals surface area contributed by atoms with Crippen LogP contribution in [0.15, 0.2) is 11.6 Å². The number of hydrogen-bond donors (Lipinski definition) is 5. The molecule has 9 unspecified atom stereocenters. The van der Waals surface area contributed by atoms with E-state index in [0.29, 0.717) is 5.41 Å². The van der Waals surface area contributed by atoms with Crippen molar-refractivity contribution < 1.29 is 39.4 Å². The zero-order chi connectivity index (χ0) is 32.5. The molecule has 1 amide bonds. The van der Waals surface area contributed by atoms with Crippen LogP contribution in [-0.2, 0) is 14.2 Å². The van der Waals surface area contributed by atoms with Crippen LogP contribution < -0.4 is 5.32 Å². The van der Waals surface area contributed by atoms with Gasteiger partial charge in [0.2, 0.25) is 0 Å². The first-order valence-corrected chi connectivity index (χ1v) is 17.9. The van der Waals surface area contributed by atoms with Crippen LogP contribution in [0.3, 0.4) is 0 Å². The fourth-order valence-electron chi connectivity index (χ4n) is 10.5.